The lowest BCUT2D eigenvalue weighted by Gasteiger charge is -2.29. The third-order valence-electron chi connectivity index (χ3n) is 3.68. The molecule has 9 nitrogen and oxygen atoms in total. The molecule has 0 aromatic heterocycles. The first-order valence-electron chi connectivity index (χ1n) is 8.61. The first-order chi connectivity index (χ1) is 12.8. The van der Waals surface area contributed by atoms with Crippen LogP contribution in [0, 0.1) is 0 Å². The molecule has 1 atom stereocenters. The largest absolute Gasteiger partial charge is 0.482 e. The van der Waals surface area contributed by atoms with Gasteiger partial charge in [0.1, 0.15) is 5.75 Å². The minimum atomic E-state index is -1.14. The Balaban J connectivity index is 1.84. The number of nitrogens with one attached hydrogen (secondary N) is 2. The van der Waals surface area contributed by atoms with E-state index in [4.69, 9.17) is 9.47 Å². The molecule has 1 aliphatic heterocycles. The summed E-state index contributed by atoms with van der Waals surface area (Å²) in [6, 6.07) is 6.22. The summed E-state index contributed by atoms with van der Waals surface area (Å²) >= 11 is 0. The number of para-hydroxylation sites is 2. The normalized spacial score (nSPS) is 14.1. The standard InChI is InChI=1S/C18H23N3O6/c1-11(2)19-18(25)20-17(24)12(3)27-16(23)8-9-21-13-6-4-5-7-14(13)26-10-15(21)22/h4-7,11-12H,8-10H2,1-3H3,(H2,19,20,24,25)/t12-/m0/s1. The quantitative estimate of drug-likeness (QED) is 0.714. The number of carbonyl (C=O) groups excluding carboxylic acids is 4. The van der Waals surface area contributed by atoms with Gasteiger partial charge in [-0.1, -0.05) is 12.1 Å². The zero-order chi connectivity index (χ0) is 20.0. The molecule has 0 unspecified atom stereocenters. The average Bonchev–Trinajstić information content (AvgIpc) is 2.60. The Hall–Kier alpha value is -3.10. The van der Waals surface area contributed by atoms with Gasteiger partial charge in [-0.3, -0.25) is 19.7 Å². The summed E-state index contributed by atoms with van der Waals surface area (Å²) in [4.78, 5) is 48.9. The Labute approximate surface area is 157 Å². The van der Waals surface area contributed by atoms with Crippen LogP contribution < -0.4 is 20.3 Å². The minimum absolute atomic E-state index is 0.0974. The van der Waals surface area contributed by atoms with Crippen LogP contribution in [0.2, 0.25) is 0 Å². The second kappa shape index (κ2) is 9.02. The van der Waals surface area contributed by atoms with E-state index in [1.807, 2.05) is 0 Å². The van der Waals surface area contributed by atoms with Crippen molar-refractivity contribution in [3.63, 3.8) is 0 Å². The van der Waals surface area contributed by atoms with E-state index in [9.17, 15) is 19.2 Å². The molecule has 1 aliphatic rings. The number of amides is 4. The Morgan fingerprint density at radius 3 is 2.63 bits per heavy atom. The zero-order valence-corrected chi connectivity index (χ0v) is 15.5. The van der Waals surface area contributed by atoms with Crippen molar-refractivity contribution < 1.29 is 28.7 Å². The van der Waals surface area contributed by atoms with Crippen LogP contribution in [-0.2, 0) is 19.1 Å². The molecule has 0 saturated heterocycles. The number of anilines is 1. The molecule has 1 heterocycles. The summed E-state index contributed by atoms with van der Waals surface area (Å²) < 4.78 is 10.4. The van der Waals surface area contributed by atoms with Crippen LogP contribution in [0.15, 0.2) is 24.3 Å². The fourth-order valence-corrected chi connectivity index (χ4v) is 2.42. The van der Waals surface area contributed by atoms with Gasteiger partial charge >= 0.3 is 12.0 Å². The summed E-state index contributed by atoms with van der Waals surface area (Å²) in [6.45, 7) is 4.86. The number of fused-ring (bicyclic) bond motifs is 1. The number of hydrogen-bond acceptors (Lipinski definition) is 6. The molecule has 2 rings (SSSR count). The predicted octanol–water partition coefficient (Wildman–Crippen LogP) is 0.968. The predicted molar refractivity (Wildman–Crippen MR) is 96.3 cm³/mol. The van der Waals surface area contributed by atoms with E-state index in [0.717, 1.165) is 0 Å². The van der Waals surface area contributed by atoms with Crippen molar-refractivity contribution in [2.45, 2.75) is 39.3 Å². The molecule has 9 heteroatoms. The van der Waals surface area contributed by atoms with Crippen molar-refractivity contribution in [2.24, 2.45) is 0 Å². The van der Waals surface area contributed by atoms with E-state index in [1.165, 1.54) is 11.8 Å². The van der Waals surface area contributed by atoms with Gasteiger partial charge in [0.2, 0.25) is 0 Å². The molecule has 0 bridgehead atoms. The number of imide groups is 1. The highest BCUT2D eigenvalue weighted by Crippen LogP contribution is 2.31. The fourth-order valence-electron chi connectivity index (χ4n) is 2.42. The topological polar surface area (TPSA) is 114 Å². The number of ether oxygens (including phenoxy) is 2. The molecule has 0 spiro atoms. The lowest BCUT2D eigenvalue weighted by atomic mass is 10.2. The first-order valence-corrected chi connectivity index (χ1v) is 8.61. The van der Waals surface area contributed by atoms with Crippen molar-refractivity contribution in [2.75, 3.05) is 18.1 Å². The Morgan fingerprint density at radius 2 is 1.93 bits per heavy atom. The summed E-state index contributed by atoms with van der Waals surface area (Å²) in [5.74, 6) is -1.08. The third kappa shape index (κ3) is 5.70. The van der Waals surface area contributed by atoms with Crippen molar-refractivity contribution in [1.82, 2.24) is 10.6 Å². The zero-order valence-electron chi connectivity index (χ0n) is 15.5. The summed E-state index contributed by atoms with van der Waals surface area (Å²) in [5.41, 5.74) is 0.581. The van der Waals surface area contributed by atoms with Crippen molar-refractivity contribution >= 4 is 29.5 Å². The van der Waals surface area contributed by atoms with Crippen LogP contribution in [0.4, 0.5) is 10.5 Å². The number of benzene rings is 1. The van der Waals surface area contributed by atoms with E-state index in [0.29, 0.717) is 11.4 Å². The Bertz CT molecular complexity index is 734. The van der Waals surface area contributed by atoms with Crippen LogP contribution in [0.3, 0.4) is 0 Å². The SMILES string of the molecule is CC(C)NC(=O)NC(=O)[C@H](C)OC(=O)CCN1C(=O)COc2ccccc21. The second-order valence-electron chi connectivity index (χ2n) is 6.30. The monoisotopic (exact) mass is 377 g/mol. The number of carbonyl (C=O) groups is 4. The van der Waals surface area contributed by atoms with Gasteiger partial charge in [-0.05, 0) is 32.9 Å². The molecule has 0 fully saturated rings. The maximum Gasteiger partial charge on any atom is 0.321 e. The summed E-state index contributed by atoms with van der Waals surface area (Å²) in [7, 11) is 0. The van der Waals surface area contributed by atoms with Gasteiger partial charge in [0, 0.05) is 12.6 Å². The number of hydrogen-bond donors (Lipinski definition) is 2. The van der Waals surface area contributed by atoms with Crippen molar-refractivity contribution in [1.29, 1.82) is 0 Å². The molecule has 27 heavy (non-hydrogen) atoms. The van der Waals surface area contributed by atoms with Gasteiger partial charge in [0.05, 0.1) is 12.1 Å². The van der Waals surface area contributed by atoms with Crippen LogP contribution in [0.25, 0.3) is 0 Å². The molecular weight excluding hydrogens is 354 g/mol. The Morgan fingerprint density at radius 1 is 1.22 bits per heavy atom. The summed E-state index contributed by atoms with van der Waals surface area (Å²) in [5, 5.41) is 4.59. The number of nitrogens with zero attached hydrogens (tertiary/aromatic N) is 1. The van der Waals surface area contributed by atoms with E-state index in [-0.39, 0.29) is 31.5 Å². The third-order valence-corrected chi connectivity index (χ3v) is 3.68. The summed E-state index contributed by atoms with van der Waals surface area (Å²) in [6.07, 6.45) is -1.24. The first kappa shape index (κ1) is 20.2. The maximum absolute atomic E-state index is 12.0. The molecule has 2 N–H and O–H groups in total. The van der Waals surface area contributed by atoms with Gasteiger partial charge in [-0.25, -0.2) is 4.79 Å². The van der Waals surface area contributed by atoms with Crippen molar-refractivity contribution in [3.8, 4) is 5.75 Å². The van der Waals surface area contributed by atoms with Gasteiger partial charge in [0.25, 0.3) is 11.8 Å². The van der Waals surface area contributed by atoms with Crippen LogP contribution in [0.1, 0.15) is 27.2 Å². The highest BCUT2D eigenvalue weighted by atomic mass is 16.5. The van der Waals surface area contributed by atoms with E-state index in [2.05, 4.69) is 10.6 Å². The molecule has 146 valence electrons. The van der Waals surface area contributed by atoms with Gasteiger partial charge < -0.3 is 19.7 Å². The van der Waals surface area contributed by atoms with Crippen molar-refractivity contribution in [3.05, 3.63) is 24.3 Å². The van der Waals surface area contributed by atoms with Crippen LogP contribution >= 0.6 is 0 Å². The molecule has 1 aromatic carbocycles. The second-order valence-corrected chi connectivity index (χ2v) is 6.30. The maximum atomic E-state index is 12.0. The smallest absolute Gasteiger partial charge is 0.321 e. The van der Waals surface area contributed by atoms with E-state index in [1.54, 1.807) is 38.1 Å². The number of urea groups is 1. The van der Waals surface area contributed by atoms with E-state index >= 15 is 0 Å². The lowest BCUT2D eigenvalue weighted by Crippen LogP contribution is -2.46. The number of rotatable bonds is 6. The Kier molecular flexibility index (Phi) is 6.75. The average molecular weight is 377 g/mol. The van der Waals surface area contributed by atoms with Crippen LogP contribution in [0.5, 0.6) is 5.75 Å². The molecule has 1 aromatic rings. The molecule has 4 amide bonds. The number of esters is 1. The van der Waals surface area contributed by atoms with Gasteiger partial charge in [-0.2, -0.15) is 0 Å². The fraction of sp³-hybridized carbons (Fsp3) is 0.444. The molecule has 0 aliphatic carbocycles. The van der Waals surface area contributed by atoms with Gasteiger partial charge in [0.15, 0.2) is 12.7 Å². The highest BCUT2D eigenvalue weighted by molar-refractivity contribution is 5.99. The highest BCUT2D eigenvalue weighted by Gasteiger charge is 2.26. The molecule has 0 saturated carbocycles. The molecule has 0 radical (unpaired) electrons. The van der Waals surface area contributed by atoms with Crippen LogP contribution in [-0.4, -0.2) is 49.1 Å². The lowest BCUT2D eigenvalue weighted by molar-refractivity contribution is -0.154. The van der Waals surface area contributed by atoms with Gasteiger partial charge in [-0.15, -0.1) is 0 Å². The molecular formula is C18H23N3O6. The minimum Gasteiger partial charge on any atom is -0.482 e. The van der Waals surface area contributed by atoms with E-state index < -0.39 is 24.0 Å².